The second-order valence-electron chi connectivity index (χ2n) is 6.26. The lowest BCUT2D eigenvalue weighted by Gasteiger charge is -2.07. The van der Waals surface area contributed by atoms with E-state index >= 15 is 0 Å². The number of esters is 1. The molecular formula is C20H23NO4S. The summed E-state index contributed by atoms with van der Waals surface area (Å²) in [7, 11) is 0. The average molecular weight is 373 g/mol. The van der Waals surface area contributed by atoms with Gasteiger partial charge in [-0.2, -0.15) is 0 Å². The van der Waals surface area contributed by atoms with Crippen molar-refractivity contribution in [3.8, 4) is 0 Å². The summed E-state index contributed by atoms with van der Waals surface area (Å²) in [6.07, 6.45) is 8.17. The van der Waals surface area contributed by atoms with Crippen LogP contribution >= 0.6 is 11.3 Å². The summed E-state index contributed by atoms with van der Waals surface area (Å²) in [6.45, 7) is 3.95. The first-order chi connectivity index (χ1) is 12.6. The van der Waals surface area contributed by atoms with Crippen LogP contribution in [-0.4, -0.2) is 18.5 Å². The van der Waals surface area contributed by atoms with Crippen LogP contribution in [0.15, 0.2) is 22.6 Å². The van der Waals surface area contributed by atoms with E-state index in [1.807, 2.05) is 13.0 Å². The molecule has 0 saturated heterocycles. The van der Waals surface area contributed by atoms with Gasteiger partial charge in [0, 0.05) is 11.0 Å². The number of hydrogen-bond donors (Lipinski definition) is 1. The lowest BCUT2D eigenvalue weighted by atomic mass is 10.1. The Kier molecular flexibility index (Phi) is 5.93. The summed E-state index contributed by atoms with van der Waals surface area (Å²) in [5.41, 5.74) is 1.58. The Bertz CT molecular complexity index is 831. The minimum Gasteiger partial charge on any atom is -0.462 e. The molecule has 2 heterocycles. The molecule has 2 aromatic heterocycles. The van der Waals surface area contributed by atoms with Crippen molar-refractivity contribution >= 4 is 34.3 Å². The number of rotatable bonds is 5. The molecule has 1 amide bonds. The molecule has 0 unspecified atom stereocenters. The number of fused-ring (bicyclic) bond motifs is 1. The van der Waals surface area contributed by atoms with Crippen LogP contribution in [0.3, 0.4) is 0 Å². The van der Waals surface area contributed by atoms with Gasteiger partial charge in [-0.05, 0) is 63.3 Å². The Morgan fingerprint density at radius 3 is 2.81 bits per heavy atom. The monoisotopic (exact) mass is 373 g/mol. The molecule has 3 rings (SSSR count). The molecule has 0 atom stereocenters. The predicted octanol–water partition coefficient (Wildman–Crippen LogP) is 4.75. The third-order valence-corrected chi connectivity index (χ3v) is 5.50. The molecule has 0 radical (unpaired) electrons. The normalized spacial score (nSPS) is 14.1. The SMILES string of the molecule is CCOC(=O)c1c(NC(=O)C=Cc2ccc(C)o2)sc2c1CCCCC2. The van der Waals surface area contributed by atoms with Gasteiger partial charge in [-0.15, -0.1) is 11.3 Å². The zero-order valence-electron chi connectivity index (χ0n) is 15.1. The Hall–Kier alpha value is -2.34. The average Bonchev–Trinajstić information content (AvgIpc) is 3.09. The Morgan fingerprint density at radius 1 is 1.27 bits per heavy atom. The molecule has 0 bridgehead atoms. The van der Waals surface area contributed by atoms with Crippen molar-refractivity contribution < 1.29 is 18.7 Å². The lowest BCUT2D eigenvalue weighted by Crippen LogP contribution is -2.13. The molecule has 0 aliphatic heterocycles. The van der Waals surface area contributed by atoms with E-state index in [-0.39, 0.29) is 11.9 Å². The van der Waals surface area contributed by atoms with Crippen molar-refractivity contribution in [3.63, 3.8) is 0 Å². The maximum atomic E-state index is 12.5. The van der Waals surface area contributed by atoms with E-state index < -0.39 is 0 Å². The third kappa shape index (κ3) is 4.25. The number of aryl methyl sites for hydroxylation is 2. The number of thiophene rings is 1. The third-order valence-electron chi connectivity index (χ3n) is 4.30. The van der Waals surface area contributed by atoms with Crippen LogP contribution in [0.2, 0.25) is 0 Å². The summed E-state index contributed by atoms with van der Waals surface area (Å²) >= 11 is 1.49. The number of anilines is 1. The first-order valence-electron chi connectivity index (χ1n) is 8.95. The van der Waals surface area contributed by atoms with Crippen LogP contribution < -0.4 is 5.32 Å². The second kappa shape index (κ2) is 8.36. The van der Waals surface area contributed by atoms with Crippen molar-refractivity contribution in [2.75, 3.05) is 11.9 Å². The largest absolute Gasteiger partial charge is 0.462 e. The van der Waals surface area contributed by atoms with Crippen molar-refractivity contribution in [1.29, 1.82) is 0 Å². The number of hydrogen-bond acceptors (Lipinski definition) is 5. The van der Waals surface area contributed by atoms with Crippen molar-refractivity contribution in [1.82, 2.24) is 0 Å². The van der Waals surface area contributed by atoms with Gasteiger partial charge in [0.1, 0.15) is 16.5 Å². The van der Waals surface area contributed by atoms with E-state index in [1.165, 1.54) is 22.3 Å². The predicted molar refractivity (Wildman–Crippen MR) is 103 cm³/mol. The van der Waals surface area contributed by atoms with E-state index in [0.717, 1.165) is 43.4 Å². The minimum absolute atomic E-state index is 0.291. The molecule has 6 heteroatoms. The Morgan fingerprint density at radius 2 is 2.08 bits per heavy atom. The van der Waals surface area contributed by atoms with Gasteiger partial charge in [0.25, 0.3) is 0 Å². The van der Waals surface area contributed by atoms with E-state index in [4.69, 9.17) is 9.15 Å². The van der Waals surface area contributed by atoms with E-state index in [1.54, 1.807) is 19.1 Å². The number of carbonyl (C=O) groups excluding carboxylic acids is 2. The number of nitrogens with one attached hydrogen (secondary N) is 1. The van der Waals surface area contributed by atoms with Gasteiger partial charge in [-0.1, -0.05) is 6.42 Å². The second-order valence-corrected chi connectivity index (χ2v) is 7.37. The summed E-state index contributed by atoms with van der Waals surface area (Å²) in [4.78, 5) is 26.0. The number of furan rings is 1. The number of carbonyl (C=O) groups is 2. The van der Waals surface area contributed by atoms with Crippen molar-refractivity contribution in [2.45, 2.75) is 46.0 Å². The van der Waals surface area contributed by atoms with Gasteiger partial charge >= 0.3 is 5.97 Å². The topological polar surface area (TPSA) is 68.5 Å². The zero-order valence-corrected chi connectivity index (χ0v) is 15.9. The van der Waals surface area contributed by atoms with Crippen molar-refractivity contribution in [3.05, 3.63) is 45.7 Å². The molecule has 5 nitrogen and oxygen atoms in total. The fourth-order valence-corrected chi connectivity index (χ4v) is 4.38. The van der Waals surface area contributed by atoms with Crippen LogP contribution in [0, 0.1) is 6.92 Å². The van der Waals surface area contributed by atoms with Crippen LogP contribution in [-0.2, 0) is 22.4 Å². The number of ether oxygens (including phenoxy) is 1. The van der Waals surface area contributed by atoms with E-state index in [0.29, 0.717) is 22.9 Å². The first kappa shape index (κ1) is 18.5. The van der Waals surface area contributed by atoms with Gasteiger partial charge in [0.05, 0.1) is 12.2 Å². The molecule has 1 aliphatic carbocycles. The molecule has 1 N–H and O–H groups in total. The molecule has 26 heavy (non-hydrogen) atoms. The quantitative estimate of drug-likeness (QED) is 0.467. The highest BCUT2D eigenvalue weighted by Gasteiger charge is 2.26. The maximum absolute atomic E-state index is 12.5. The molecule has 138 valence electrons. The molecule has 1 aliphatic rings. The van der Waals surface area contributed by atoms with E-state index in [9.17, 15) is 9.59 Å². The summed E-state index contributed by atoms with van der Waals surface area (Å²) < 4.78 is 10.7. The molecule has 0 saturated carbocycles. The highest BCUT2D eigenvalue weighted by Crippen LogP contribution is 2.38. The van der Waals surface area contributed by atoms with Crippen LogP contribution in [0.5, 0.6) is 0 Å². The van der Waals surface area contributed by atoms with Crippen molar-refractivity contribution in [2.24, 2.45) is 0 Å². The first-order valence-corrected chi connectivity index (χ1v) is 9.77. The highest BCUT2D eigenvalue weighted by atomic mass is 32.1. The molecule has 0 fully saturated rings. The van der Waals surface area contributed by atoms with Gasteiger partial charge in [0.2, 0.25) is 5.91 Å². The van der Waals surface area contributed by atoms with Gasteiger partial charge < -0.3 is 14.5 Å². The zero-order chi connectivity index (χ0) is 18.5. The van der Waals surface area contributed by atoms with Gasteiger partial charge in [-0.3, -0.25) is 4.79 Å². The van der Waals surface area contributed by atoms with Gasteiger partial charge in [-0.25, -0.2) is 4.79 Å². The summed E-state index contributed by atoms with van der Waals surface area (Å²) in [5, 5.41) is 3.44. The summed E-state index contributed by atoms with van der Waals surface area (Å²) in [6, 6.07) is 3.64. The molecule has 0 spiro atoms. The van der Waals surface area contributed by atoms with E-state index in [2.05, 4.69) is 5.32 Å². The van der Waals surface area contributed by atoms with Crippen LogP contribution in [0.4, 0.5) is 5.00 Å². The maximum Gasteiger partial charge on any atom is 0.341 e. The Balaban J connectivity index is 1.82. The van der Waals surface area contributed by atoms with Gasteiger partial charge in [0.15, 0.2) is 0 Å². The lowest BCUT2D eigenvalue weighted by molar-refractivity contribution is -0.111. The smallest absolute Gasteiger partial charge is 0.341 e. The van der Waals surface area contributed by atoms with Crippen LogP contribution in [0.25, 0.3) is 6.08 Å². The highest BCUT2D eigenvalue weighted by molar-refractivity contribution is 7.17. The summed E-state index contributed by atoms with van der Waals surface area (Å²) in [5.74, 6) is 0.760. The molecule has 0 aromatic carbocycles. The fourth-order valence-electron chi connectivity index (χ4n) is 3.10. The molecule has 2 aromatic rings. The molecular weight excluding hydrogens is 350 g/mol. The standard InChI is InChI=1S/C20H23NO4S/c1-3-24-20(23)18-15-7-5-4-6-8-16(15)26-19(18)21-17(22)12-11-14-10-9-13(2)25-14/h9-12H,3-8H2,1-2H3,(H,21,22). The fraction of sp³-hybridized carbons (Fsp3) is 0.400. The Labute approximate surface area is 157 Å². The number of amides is 1. The minimum atomic E-state index is -0.354. The van der Waals surface area contributed by atoms with Crippen LogP contribution in [0.1, 0.15) is 58.5 Å².